The number of nitrogens with zero attached hydrogens (tertiary/aromatic N) is 1. The first kappa shape index (κ1) is 16.3. The molecule has 0 bridgehead atoms. The number of piperidine rings is 1. The smallest absolute Gasteiger partial charge is 0.255 e. The Balaban J connectivity index is 1.99. The van der Waals surface area contributed by atoms with Crippen LogP contribution in [0.5, 0.6) is 5.75 Å². The van der Waals surface area contributed by atoms with E-state index in [0.29, 0.717) is 17.9 Å². The van der Waals surface area contributed by atoms with Gasteiger partial charge in [0.05, 0.1) is 12.7 Å². The normalized spacial score (nSPS) is 18.3. The van der Waals surface area contributed by atoms with Crippen molar-refractivity contribution in [2.24, 2.45) is 5.41 Å². The lowest BCUT2D eigenvalue weighted by Gasteiger charge is -2.38. The van der Waals surface area contributed by atoms with Gasteiger partial charge in [0.15, 0.2) is 0 Å². The Morgan fingerprint density at radius 1 is 1.43 bits per heavy atom. The highest BCUT2D eigenvalue weighted by molar-refractivity contribution is 9.10. The molecule has 1 N–H and O–H groups in total. The van der Waals surface area contributed by atoms with E-state index in [0.717, 1.165) is 30.4 Å². The van der Waals surface area contributed by atoms with Gasteiger partial charge in [0.25, 0.3) is 5.91 Å². The van der Waals surface area contributed by atoms with Gasteiger partial charge in [-0.25, -0.2) is 0 Å². The topological polar surface area (TPSA) is 41.6 Å². The van der Waals surface area contributed by atoms with Crippen LogP contribution < -0.4 is 10.1 Å². The highest BCUT2D eigenvalue weighted by Gasteiger charge is 2.29. The maximum absolute atomic E-state index is 12.4. The maximum Gasteiger partial charge on any atom is 0.255 e. The minimum absolute atomic E-state index is 0.0699. The Hall–Kier alpha value is -1.07. The van der Waals surface area contributed by atoms with Crippen LogP contribution in [0.4, 0.5) is 0 Å². The first-order valence-corrected chi connectivity index (χ1v) is 8.03. The van der Waals surface area contributed by atoms with Gasteiger partial charge in [0.2, 0.25) is 0 Å². The number of methoxy groups -OCH3 is 1. The monoisotopic (exact) mass is 354 g/mol. The lowest BCUT2D eigenvalue weighted by atomic mass is 9.80. The highest BCUT2D eigenvalue weighted by atomic mass is 79.9. The van der Waals surface area contributed by atoms with E-state index >= 15 is 0 Å². The second-order valence-electron chi connectivity index (χ2n) is 6.14. The van der Waals surface area contributed by atoms with Crippen molar-refractivity contribution in [1.82, 2.24) is 10.2 Å². The van der Waals surface area contributed by atoms with Crippen LogP contribution in [0.15, 0.2) is 22.7 Å². The van der Waals surface area contributed by atoms with Crippen LogP contribution in [-0.2, 0) is 0 Å². The molecule has 1 saturated heterocycles. The zero-order chi connectivity index (χ0) is 15.5. The van der Waals surface area contributed by atoms with Crippen molar-refractivity contribution in [1.29, 1.82) is 0 Å². The van der Waals surface area contributed by atoms with E-state index in [2.05, 4.69) is 40.1 Å². The van der Waals surface area contributed by atoms with Gasteiger partial charge >= 0.3 is 0 Å². The first-order chi connectivity index (χ1) is 9.93. The van der Waals surface area contributed by atoms with Crippen molar-refractivity contribution in [2.45, 2.75) is 19.8 Å². The number of halogens is 1. The van der Waals surface area contributed by atoms with Gasteiger partial charge in [0, 0.05) is 11.0 Å². The van der Waals surface area contributed by atoms with Crippen LogP contribution in [0.1, 0.15) is 30.1 Å². The minimum Gasteiger partial charge on any atom is -0.496 e. The SMILES string of the molecule is COc1cc(Br)ccc1C(=O)NCC1(C)CCN(C)CC1. The molecule has 1 aromatic carbocycles. The van der Waals surface area contributed by atoms with Crippen molar-refractivity contribution < 1.29 is 9.53 Å². The molecular formula is C16H23BrN2O2. The summed E-state index contributed by atoms with van der Waals surface area (Å²) in [6.07, 6.45) is 2.22. The number of benzene rings is 1. The van der Waals surface area contributed by atoms with E-state index in [1.165, 1.54) is 0 Å². The summed E-state index contributed by atoms with van der Waals surface area (Å²) in [4.78, 5) is 14.7. The summed E-state index contributed by atoms with van der Waals surface area (Å²) < 4.78 is 6.18. The van der Waals surface area contributed by atoms with Crippen LogP contribution in [-0.4, -0.2) is 44.6 Å². The van der Waals surface area contributed by atoms with E-state index in [1.807, 2.05) is 12.1 Å². The number of rotatable bonds is 4. The number of nitrogens with one attached hydrogen (secondary N) is 1. The molecule has 0 saturated carbocycles. The standard InChI is InChI=1S/C16H23BrN2O2/c1-16(6-8-19(2)9-7-16)11-18-15(20)13-5-4-12(17)10-14(13)21-3/h4-5,10H,6-9,11H2,1-3H3,(H,18,20). The Labute approximate surface area is 135 Å². The molecular weight excluding hydrogens is 332 g/mol. The Kier molecular flexibility index (Phi) is 5.27. The molecule has 5 heteroatoms. The third-order valence-electron chi connectivity index (χ3n) is 4.28. The number of ether oxygens (including phenoxy) is 1. The first-order valence-electron chi connectivity index (χ1n) is 7.24. The summed E-state index contributed by atoms with van der Waals surface area (Å²) in [5.74, 6) is 0.523. The molecule has 0 aromatic heterocycles. The van der Waals surface area contributed by atoms with Crippen molar-refractivity contribution in [3.05, 3.63) is 28.2 Å². The number of amides is 1. The molecule has 0 radical (unpaired) electrons. The lowest BCUT2D eigenvalue weighted by molar-refractivity contribution is 0.0888. The average molecular weight is 355 g/mol. The third-order valence-corrected chi connectivity index (χ3v) is 4.77. The predicted molar refractivity (Wildman–Crippen MR) is 87.9 cm³/mol. The molecule has 21 heavy (non-hydrogen) atoms. The molecule has 1 aliphatic heterocycles. The summed E-state index contributed by atoms with van der Waals surface area (Å²) in [6.45, 7) is 5.14. The van der Waals surface area contributed by atoms with Crippen LogP contribution in [0, 0.1) is 5.41 Å². The van der Waals surface area contributed by atoms with E-state index < -0.39 is 0 Å². The molecule has 116 valence electrons. The van der Waals surface area contributed by atoms with Gasteiger partial charge < -0.3 is 15.0 Å². The van der Waals surface area contributed by atoms with Crippen molar-refractivity contribution in [3.8, 4) is 5.75 Å². The van der Waals surface area contributed by atoms with E-state index in [1.54, 1.807) is 13.2 Å². The maximum atomic E-state index is 12.4. The second-order valence-corrected chi connectivity index (χ2v) is 7.06. The lowest BCUT2D eigenvalue weighted by Crippen LogP contribution is -2.43. The summed E-state index contributed by atoms with van der Waals surface area (Å²) in [5, 5.41) is 3.07. The van der Waals surface area contributed by atoms with Crippen molar-refractivity contribution in [3.63, 3.8) is 0 Å². The third kappa shape index (κ3) is 4.20. The quantitative estimate of drug-likeness (QED) is 0.903. The number of hydrogen-bond donors (Lipinski definition) is 1. The number of carbonyl (C=O) groups is 1. The fourth-order valence-electron chi connectivity index (χ4n) is 2.58. The van der Waals surface area contributed by atoms with Gasteiger partial charge in [-0.15, -0.1) is 0 Å². The zero-order valence-corrected chi connectivity index (χ0v) is 14.5. The highest BCUT2D eigenvalue weighted by Crippen LogP contribution is 2.30. The fraction of sp³-hybridized carbons (Fsp3) is 0.562. The molecule has 0 atom stereocenters. The molecule has 0 unspecified atom stereocenters. The molecule has 1 amide bonds. The van der Waals surface area contributed by atoms with Crippen molar-refractivity contribution >= 4 is 21.8 Å². The molecule has 0 spiro atoms. The molecule has 1 fully saturated rings. The molecule has 0 aliphatic carbocycles. The summed E-state index contributed by atoms with van der Waals surface area (Å²) in [6, 6.07) is 5.45. The second kappa shape index (κ2) is 6.79. The van der Waals surface area contributed by atoms with Crippen LogP contribution in [0.3, 0.4) is 0 Å². The Bertz CT molecular complexity index is 511. The van der Waals surface area contributed by atoms with Crippen LogP contribution in [0.25, 0.3) is 0 Å². The van der Waals surface area contributed by atoms with Gasteiger partial charge in [-0.05, 0) is 56.6 Å². The molecule has 1 aromatic rings. The van der Waals surface area contributed by atoms with Crippen molar-refractivity contribution in [2.75, 3.05) is 33.8 Å². The summed E-state index contributed by atoms with van der Waals surface area (Å²) in [7, 11) is 3.72. The fourth-order valence-corrected chi connectivity index (χ4v) is 2.92. The number of likely N-dealkylation sites (tertiary alicyclic amines) is 1. The summed E-state index contributed by atoms with van der Waals surface area (Å²) in [5.41, 5.74) is 0.766. The minimum atomic E-state index is -0.0699. The zero-order valence-electron chi connectivity index (χ0n) is 12.9. The molecule has 2 rings (SSSR count). The molecule has 4 nitrogen and oxygen atoms in total. The van der Waals surface area contributed by atoms with Gasteiger partial charge in [-0.1, -0.05) is 22.9 Å². The Morgan fingerprint density at radius 3 is 2.71 bits per heavy atom. The Morgan fingerprint density at radius 2 is 2.10 bits per heavy atom. The largest absolute Gasteiger partial charge is 0.496 e. The van der Waals surface area contributed by atoms with Crippen LogP contribution >= 0.6 is 15.9 Å². The van der Waals surface area contributed by atoms with Gasteiger partial charge in [0.1, 0.15) is 5.75 Å². The summed E-state index contributed by atoms with van der Waals surface area (Å²) >= 11 is 3.39. The van der Waals surface area contributed by atoms with Crippen LogP contribution in [0.2, 0.25) is 0 Å². The predicted octanol–water partition coefficient (Wildman–Crippen LogP) is 2.92. The average Bonchev–Trinajstić information content (AvgIpc) is 2.48. The molecule has 1 heterocycles. The number of hydrogen-bond acceptors (Lipinski definition) is 3. The molecule has 1 aliphatic rings. The van der Waals surface area contributed by atoms with E-state index in [4.69, 9.17) is 4.74 Å². The van der Waals surface area contributed by atoms with Gasteiger partial charge in [-0.3, -0.25) is 4.79 Å². The van der Waals surface area contributed by atoms with E-state index in [9.17, 15) is 4.79 Å². The van der Waals surface area contributed by atoms with E-state index in [-0.39, 0.29) is 11.3 Å². The van der Waals surface area contributed by atoms with Gasteiger partial charge in [-0.2, -0.15) is 0 Å². The number of carbonyl (C=O) groups excluding carboxylic acids is 1.